The van der Waals surface area contributed by atoms with Gasteiger partial charge in [-0.05, 0) is 37.3 Å². The molecule has 0 aliphatic carbocycles. The topological polar surface area (TPSA) is 48.9 Å². The molecule has 0 radical (unpaired) electrons. The lowest BCUT2D eigenvalue weighted by atomic mass is 10.0. The van der Waals surface area contributed by atoms with E-state index >= 15 is 0 Å². The summed E-state index contributed by atoms with van der Waals surface area (Å²) in [6.45, 7) is 7.51. The van der Waals surface area contributed by atoms with Crippen LogP contribution in [-0.2, 0) is 4.74 Å². The van der Waals surface area contributed by atoms with Crippen molar-refractivity contribution in [3.63, 3.8) is 0 Å². The molecule has 0 saturated carbocycles. The minimum absolute atomic E-state index is 0.328. The Morgan fingerprint density at radius 1 is 1.19 bits per heavy atom. The highest BCUT2D eigenvalue weighted by atomic mass is 32.2. The fraction of sp³-hybridized carbons (Fsp3) is 0.650. The van der Waals surface area contributed by atoms with Crippen LogP contribution in [-0.4, -0.2) is 69.3 Å². The van der Waals surface area contributed by atoms with Gasteiger partial charge < -0.3 is 15.4 Å². The Balaban J connectivity index is 1.91. The van der Waals surface area contributed by atoms with Gasteiger partial charge in [-0.3, -0.25) is 9.89 Å². The van der Waals surface area contributed by atoms with Crippen molar-refractivity contribution in [2.24, 2.45) is 4.99 Å². The van der Waals surface area contributed by atoms with E-state index in [2.05, 4.69) is 58.0 Å². The molecule has 2 rings (SSSR count). The number of benzene rings is 1. The first-order valence-electron chi connectivity index (χ1n) is 9.56. The van der Waals surface area contributed by atoms with E-state index in [0.29, 0.717) is 6.04 Å². The van der Waals surface area contributed by atoms with Crippen LogP contribution in [0.4, 0.5) is 0 Å². The van der Waals surface area contributed by atoms with E-state index in [0.717, 1.165) is 45.4 Å². The molecule has 1 aliphatic rings. The van der Waals surface area contributed by atoms with Crippen LogP contribution in [0.5, 0.6) is 0 Å². The number of unbranched alkanes of at least 4 members (excludes halogenated alkanes) is 1. The third-order valence-electron chi connectivity index (χ3n) is 4.70. The van der Waals surface area contributed by atoms with E-state index < -0.39 is 0 Å². The Morgan fingerprint density at radius 2 is 1.92 bits per heavy atom. The summed E-state index contributed by atoms with van der Waals surface area (Å²) >= 11 is 1.91. The van der Waals surface area contributed by atoms with Gasteiger partial charge in [0.05, 0.1) is 19.3 Å². The Kier molecular flexibility index (Phi) is 9.89. The van der Waals surface area contributed by atoms with E-state index in [9.17, 15) is 0 Å². The van der Waals surface area contributed by atoms with Gasteiger partial charge in [-0.1, -0.05) is 29.8 Å². The van der Waals surface area contributed by atoms with Gasteiger partial charge >= 0.3 is 0 Å². The van der Waals surface area contributed by atoms with Crippen molar-refractivity contribution in [3.05, 3.63) is 35.4 Å². The van der Waals surface area contributed by atoms with Crippen LogP contribution in [0.2, 0.25) is 0 Å². The van der Waals surface area contributed by atoms with E-state index in [1.54, 1.807) is 0 Å². The summed E-state index contributed by atoms with van der Waals surface area (Å²) in [5, 5.41) is 6.96. The monoisotopic (exact) mass is 378 g/mol. The average molecular weight is 379 g/mol. The number of hydrogen-bond donors (Lipinski definition) is 2. The lowest BCUT2D eigenvalue weighted by Crippen LogP contribution is -2.46. The van der Waals surface area contributed by atoms with Crippen LogP contribution in [0.25, 0.3) is 0 Å². The summed E-state index contributed by atoms with van der Waals surface area (Å²) in [5.41, 5.74) is 2.64. The molecule has 2 N–H and O–H groups in total. The molecule has 0 amide bonds. The number of nitrogens with one attached hydrogen (secondary N) is 2. The van der Waals surface area contributed by atoms with E-state index in [-0.39, 0.29) is 0 Å². The number of nitrogens with zero attached hydrogens (tertiary/aromatic N) is 2. The smallest absolute Gasteiger partial charge is 0.191 e. The third-order valence-corrected chi connectivity index (χ3v) is 5.40. The Hall–Kier alpha value is -1.24. The first-order valence-corrected chi connectivity index (χ1v) is 11.0. The zero-order valence-electron chi connectivity index (χ0n) is 16.5. The van der Waals surface area contributed by atoms with Crippen LogP contribution >= 0.6 is 11.8 Å². The van der Waals surface area contributed by atoms with Gasteiger partial charge in [-0.2, -0.15) is 11.8 Å². The molecule has 1 unspecified atom stereocenters. The van der Waals surface area contributed by atoms with Crippen molar-refractivity contribution >= 4 is 17.7 Å². The average Bonchev–Trinajstić information content (AvgIpc) is 2.68. The number of aliphatic imine (C=N–C) groups is 1. The summed E-state index contributed by atoms with van der Waals surface area (Å²) in [6.07, 6.45) is 4.57. The predicted molar refractivity (Wildman–Crippen MR) is 113 cm³/mol. The Labute approximate surface area is 163 Å². The summed E-state index contributed by atoms with van der Waals surface area (Å²) in [6, 6.07) is 9.21. The normalized spacial score (nSPS) is 17.1. The van der Waals surface area contributed by atoms with Gasteiger partial charge in [-0.15, -0.1) is 0 Å². The molecule has 1 aromatic carbocycles. The lowest BCUT2D eigenvalue weighted by Gasteiger charge is -2.35. The molecule has 0 aromatic heterocycles. The van der Waals surface area contributed by atoms with Crippen molar-refractivity contribution in [1.82, 2.24) is 15.5 Å². The maximum atomic E-state index is 5.54. The van der Waals surface area contributed by atoms with Gasteiger partial charge in [0.25, 0.3) is 0 Å². The summed E-state index contributed by atoms with van der Waals surface area (Å²) in [5.74, 6) is 2.11. The second-order valence-corrected chi connectivity index (χ2v) is 7.64. The minimum Gasteiger partial charge on any atom is -0.379 e. The SMILES string of the molecule is CN=C(NCCCCSC)NCC(c1ccc(C)cc1)N1CCOCC1. The predicted octanol–water partition coefficient (Wildman–Crippen LogP) is 2.68. The molecule has 1 atom stereocenters. The molecule has 5 nitrogen and oxygen atoms in total. The number of guanidine groups is 1. The molecule has 1 saturated heterocycles. The van der Waals surface area contributed by atoms with Crippen LogP contribution < -0.4 is 10.6 Å². The van der Waals surface area contributed by atoms with Crippen LogP contribution in [0, 0.1) is 6.92 Å². The molecular weight excluding hydrogens is 344 g/mol. The summed E-state index contributed by atoms with van der Waals surface area (Å²) in [7, 11) is 1.84. The molecule has 1 aliphatic heterocycles. The van der Waals surface area contributed by atoms with Crippen LogP contribution in [0.15, 0.2) is 29.3 Å². The van der Waals surface area contributed by atoms with Crippen molar-refractivity contribution in [2.45, 2.75) is 25.8 Å². The van der Waals surface area contributed by atoms with Crippen molar-refractivity contribution in [3.8, 4) is 0 Å². The zero-order valence-corrected chi connectivity index (χ0v) is 17.3. The van der Waals surface area contributed by atoms with Gasteiger partial charge in [0.1, 0.15) is 0 Å². The number of morpholine rings is 1. The lowest BCUT2D eigenvalue weighted by molar-refractivity contribution is 0.0170. The third kappa shape index (κ3) is 7.17. The number of aryl methyl sites for hydroxylation is 1. The van der Waals surface area contributed by atoms with Gasteiger partial charge in [0, 0.05) is 33.2 Å². The number of thioether (sulfide) groups is 1. The fourth-order valence-corrected chi connectivity index (χ4v) is 3.62. The van der Waals surface area contributed by atoms with E-state index in [1.807, 2.05) is 18.8 Å². The van der Waals surface area contributed by atoms with Crippen molar-refractivity contribution in [1.29, 1.82) is 0 Å². The molecule has 1 aromatic rings. The van der Waals surface area contributed by atoms with E-state index in [4.69, 9.17) is 4.74 Å². The molecule has 0 bridgehead atoms. The summed E-state index contributed by atoms with van der Waals surface area (Å²) < 4.78 is 5.54. The maximum absolute atomic E-state index is 5.54. The molecule has 6 heteroatoms. The summed E-state index contributed by atoms with van der Waals surface area (Å²) in [4.78, 5) is 6.88. The number of ether oxygens (including phenoxy) is 1. The van der Waals surface area contributed by atoms with Crippen molar-refractivity contribution in [2.75, 3.05) is 58.4 Å². The minimum atomic E-state index is 0.328. The standard InChI is InChI=1S/C20H34N4OS/c1-17-6-8-18(9-7-17)19(24-11-13-25-14-12-24)16-23-20(21-2)22-10-4-5-15-26-3/h6-9,19H,4-5,10-16H2,1-3H3,(H2,21,22,23). The van der Waals surface area contributed by atoms with Crippen LogP contribution in [0.3, 0.4) is 0 Å². The Morgan fingerprint density at radius 3 is 2.58 bits per heavy atom. The van der Waals surface area contributed by atoms with Gasteiger partial charge in [-0.25, -0.2) is 0 Å². The van der Waals surface area contributed by atoms with E-state index in [1.165, 1.54) is 29.7 Å². The highest BCUT2D eigenvalue weighted by molar-refractivity contribution is 7.98. The van der Waals surface area contributed by atoms with Crippen molar-refractivity contribution < 1.29 is 4.74 Å². The maximum Gasteiger partial charge on any atom is 0.191 e. The molecular formula is C20H34N4OS. The first kappa shape index (κ1) is 21.1. The molecule has 1 heterocycles. The highest BCUT2D eigenvalue weighted by Crippen LogP contribution is 2.21. The van der Waals surface area contributed by atoms with Crippen LogP contribution in [0.1, 0.15) is 30.0 Å². The second-order valence-electron chi connectivity index (χ2n) is 6.65. The molecule has 0 spiro atoms. The quantitative estimate of drug-likeness (QED) is 0.393. The number of hydrogen-bond acceptors (Lipinski definition) is 4. The first-order chi connectivity index (χ1) is 12.7. The molecule has 26 heavy (non-hydrogen) atoms. The zero-order chi connectivity index (χ0) is 18.6. The highest BCUT2D eigenvalue weighted by Gasteiger charge is 2.22. The number of rotatable bonds is 9. The largest absolute Gasteiger partial charge is 0.379 e. The van der Waals surface area contributed by atoms with Gasteiger partial charge in [0.2, 0.25) is 0 Å². The Bertz CT molecular complexity index is 529. The molecule has 146 valence electrons. The molecule has 1 fully saturated rings. The van der Waals surface area contributed by atoms with Gasteiger partial charge in [0.15, 0.2) is 5.96 Å². The second kappa shape index (κ2) is 12.2. The fourth-order valence-electron chi connectivity index (χ4n) is 3.13.